The zero-order valence-electron chi connectivity index (χ0n) is 19.8. The van der Waals surface area contributed by atoms with Gasteiger partial charge in [-0.1, -0.05) is 11.3 Å². The molecule has 0 N–H and O–H groups in total. The fourth-order valence-corrected chi connectivity index (χ4v) is 7.18. The summed E-state index contributed by atoms with van der Waals surface area (Å²) in [6, 6.07) is 10.0. The standard InChI is InChI=1S/C24H28N4O5S2/c1-32-19-9-10-20(33-2)22-21(19)25-24(34-22)27-15-13-26(14-16-27)23(29)17-5-7-18(8-6-17)35(30,31)28-11-3-4-12-28/h5-10H,3-4,11-16H2,1-2H3. The van der Waals surface area contributed by atoms with Gasteiger partial charge in [-0.05, 0) is 49.2 Å². The fourth-order valence-electron chi connectivity index (χ4n) is 4.54. The van der Waals surface area contributed by atoms with E-state index >= 15 is 0 Å². The monoisotopic (exact) mass is 516 g/mol. The lowest BCUT2D eigenvalue weighted by Crippen LogP contribution is -2.48. The summed E-state index contributed by atoms with van der Waals surface area (Å²) in [7, 11) is -0.225. The molecule has 11 heteroatoms. The molecule has 0 unspecified atom stereocenters. The molecule has 3 heterocycles. The number of methoxy groups -OCH3 is 2. The number of anilines is 1. The zero-order chi connectivity index (χ0) is 24.6. The van der Waals surface area contributed by atoms with Crippen LogP contribution in [-0.4, -0.2) is 82.0 Å². The van der Waals surface area contributed by atoms with Gasteiger partial charge < -0.3 is 19.3 Å². The van der Waals surface area contributed by atoms with Gasteiger partial charge in [0.05, 0.1) is 19.1 Å². The molecule has 3 aromatic rings. The highest BCUT2D eigenvalue weighted by molar-refractivity contribution is 7.89. The third-order valence-corrected chi connectivity index (χ3v) is 9.58. The van der Waals surface area contributed by atoms with E-state index in [-0.39, 0.29) is 10.8 Å². The fraction of sp³-hybridized carbons (Fsp3) is 0.417. The van der Waals surface area contributed by atoms with E-state index in [4.69, 9.17) is 14.5 Å². The van der Waals surface area contributed by atoms with Crippen LogP contribution in [0.1, 0.15) is 23.2 Å². The van der Waals surface area contributed by atoms with Crippen molar-refractivity contribution in [3.05, 3.63) is 42.0 Å². The lowest BCUT2D eigenvalue weighted by Gasteiger charge is -2.34. The van der Waals surface area contributed by atoms with Crippen molar-refractivity contribution in [1.82, 2.24) is 14.2 Å². The Morgan fingerprint density at radius 1 is 0.886 bits per heavy atom. The molecule has 0 spiro atoms. The van der Waals surface area contributed by atoms with Crippen molar-refractivity contribution in [2.24, 2.45) is 0 Å². The molecule has 2 aromatic carbocycles. The number of carbonyl (C=O) groups excluding carboxylic acids is 1. The van der Waals surface area contributed by atoms with Crippen LogP contribution in [0.5, 0.6) is 11.5 Å². The minimum atomic E-state index is -3.49. The van der Waals surface area contributed by atoms with Crippen molar-refractivity contribution in [3.63, 3.8) is 0 Å². The van der Waals surface area contributed by atoms with Gasteiger partial charge in [-0.3, -0.25) is 4.79 Å². The molecule has 2 aliphatic heterocycles. The maximum absolute atomic E-state index is 13.1. The number of hydrogen-bond acceptors (Lipinski definition) is 8. The van der Waals surface area contributed by atoms with E-state index in [9.17, 15) is 13.2 Å². The highest BCUT2D eigenvalue weighted by Crippen LogP contribution is 2.40. The van der Waals surface area contributed by atoms with Crippen molar-refractivity contribution in [2.75, 3.05) is 58.4 Å². The highest BCUT2D eigenvalue weighted by Gasteiger charge is 2.28. The number of rotatable bonds is 6. The first-order valence-corrected chi connectivity index (χ1v) is 13.8. The summed E-state index contributed by atoms with van der Waals surface area (Å²) in [6.45, 7) is 3.52. The van der Waals surface area contributed by atoms with Crippen LogP contribution in [-0.2, 0) is 10.0 Å². The lowest BCUT2D eigenvalue weighted by molar-refractivity contribution is 0.0746. The van der Waals surface area contributed by atoms with Crippen molar-refractivity contribution in [3.8, 4) is 11.5 Å². The Bertz CT molecular complexity index is 1280. The predicted octanol–water partition coefficient (Wildman–Crippen LogP) is 3.06. The number of sulfonamides is 1. The molecule has 186 valence electrons. The number of fused-ring (bicyclic) bond motifs is 1. The van der Waals surface area contributed by atoms with Crippen LogP contribution in [0.3, 0.4) is 0 Å². The van der Waals surface area contributed by atoms with Crippen LogP contribution in [0.4, 0.5) is 5.13 Å². The molecule has 2 saturated heterocycles. The quantitative estimate of drug-likeness (QED) is 0.497. The molecule has 0 atom stereocenters. The molecule has 0 aliphatic carbocycles. The number of carbonyl (C=O) groups is 1. The Morgan fingerprint density at radius 2 is 1.51 bits per heavy atom. The first-order chi connectivity index (χ1) is 16.9. The minimum Gasteiger partial charge on any atom is -0.495 e. The lowest BCUT2D eigenvalue weighted by atomic mass is 10.2. The summed E-state index contributed by atoms with van der Waals surface area (Å²) < 4.78 is 38.9. The van der Waals surface area contributed by atoms with E-state index in [1.165, 1.54) is 4.31 Å². The average Bonchev–Trinajstić information content (AvgIpc) is 3.59. The number of benzene rings is 2. The van der Waals surface area contributed by atoms with Crippen molar-refractivity contribution in [1.29, 1.82) is 0 Å². The number of nitrogens with zero attached hydrogens (tertiary/aromatic N) is 4. The van der Waals surface area contributed by atoms with Crippen LogP contribution >= 0.6 is 11.3 Å². The van der Waals surface area contributed by atoms with E-state index in [0.717, 1.165) is 33.9 Å². The van der Waals surface area contributed by atoms with E-state index in [0.29, 0.717) is 50.6 Å². The summed E-state index contributed by atoms with van der Waals surface area (Å²) in [4.78, 5) is 22.1. The van der Waals surface area contributed by atoms with Crippen LogP contribution in [0.15, 0.2) is 41.3 Å². The normalized spacial score (nSPS) is 17.2. The Hall–Kier alpha value is -2.89. The van der Waals surface area contributed by atoms with Crippen molar-refractivity contribution >= 4 is 42.6 Å². The van der Waals surface area contributed by atoms with Crippen molar-refractivity contribution < 1.29 is 22.7 Å². The molecule has 1 amide bonds. The summed E-state index contributed by atoms with van der Waals surface area (Å²) in [6.07, 6.45) is 1.78. The molecule has 0 saturated carbocycles. The van der Waals surface area contributed by atoms with Gasteiger partial charge in [-0.15, -0.1) is 0 Å². The van der Waals surface area contributed by atoms with Crippen LogP contribution in [0.2, 0.25) is 0 Å². The molecule has 2 aliphatic rings. The summed E-state index contributed by atoms with van der Waals surface area (Å²) >= 11 is 1.55. The molecule has 35 heavy (non-hydrogen) atoms. The topological polar surface area (TPSA) is 92.3 Å². The molecule has 1 aromatic heterocycles. The van der Waals surface area contributed by atoms with Gasteiger partial charge in [0.25, 0.3) is 5.91 Å². The molecular weight excluding hydrogens is 488 g/mol. The number of amides is 1. The third-order valence-electron chi connectivity index (χ3n) is 6.54. The van der Waals surface area contributed by atoms with Gasteiger partial charge in [0.2, 0.25) is 10.0 Å². The molecule has 5 rings (SSSR count). The van der Waals surface area contributed by atoms with Gasteiger partial charge in [0, 0.05) is 44.8 Å². The van der Waals surface area contributed by atoms with Gasteiger partial charge in [0.1, 0.15) is 21.7 Å². The SMILES string of the molecule is COc1ccc(OC)c2sc(N3CCN(C(=O)c4ccc(S(=O)(=O)N5CCCC5)cc4)CC3)nc12. The Balaban J connectivity index is 1.26. The second kappa shape index (κ2) is 9.63. The van der Waals surface area contributed by atoms with Crippen LogP contribution in [0, 0.1) is 0 Å². The number of aromatic nitrogens is 1. The Kier molecular flexibility index (Phi) is 6.56. The predicted molar refractivity (Wildman–Crippen MR) is 135 cm³/mol. The van der Waals surface area contributed by atoms with Gasteiger partial charge in [-0.25, -0.2) is 13.4 Å². The molecule has 2 fully saturated rings. The summed E-state index contributed by atoms with van der Waals surface area (Å²) in [5.74, 6) is 1.36. The molecule has 0 radical (unpaired) electrons. The third kappa shape index (κ3) is 4.43. The van der Waals surface area contributed by atoms with E-state index in [2.05, 4.69) is 4.90 Å². The second-order valence-electron chi connectivity index (χ2n) is 8.56. The maximum atomic E-state index is 13.1. The number of piperazine rings is 1. The number of ether oxygens (including phenoxy) is 2. The summed E-state index contributed by atoms with van der Waals surface area (Å²) in [5, 5.41) is 0.867. The zero-order valence-corrected chi connectivity index (χ0v) is 21.4. The molecule has 0 bridgehead atoms. The Morgan fingerprint density at radius 3 is 2.14 bits per heavy atom. The first kappa shape index (κ1) is 23.8. The maximum Gasteiger partial charge on any atom is 0.253 e. The highest BCUT2D eigenvalue weighted by atomic mass is 32.2. The second-order valence-corrected chi connectivity index (χ2v) is 11.5. The Labute approximate surface area is 208 Å². The largest absolute Gasteiger partial charge is 0.495 e. The first-order valence-electron chi connectivity index (χ1n) is 11.6. The van der Waals surface area contributed by atoms with Gasteiger partial charge in [0.15, 0.2) is 5.13 Å². The summed E-state index contributed by atoms with van der Waals surface area (Å²) in [5.41, 5.74) is 1.27. The van der Waals surface area contributed by atoms with Gasteiger partial charge >= 0.3 is 0 Å². The van der Waals surface area contributed by atoms with E-state index < -0.39 is 10.0 Å². The molecule has 9 nitrogen and oxygen atoms in total. The molecular formula is C24H28N4O5S2. The number of thiazole rings is 1. The number of hydrogen-bond donors (Lipinski definition) is 0. The van der Waals surface area contributed by atoms with Crippen molar-refractivity contribution in [2.45, 2.75) is 17.7 Å². The minimum absolute atomic E-state index is 0.0950. The smallest absolute Gasteiger partial charge is 0.253 e. The van der Waals surface area contributed by atoms with Crippen LogP contribution < -0.4 is 14.4 Å². The van der Waals surface area contributed by atoms with Gasteiger partial charge in [-0.2, -0.15) is 4.31 Å². The van der Waals surface area contributed by atoms with Crippen LogP contribution in [0.25, 0.3) is 10.2 Å². The average molecular weight is 517 g/mol. The van der Waals surface area contributed by atoms with E-state index in [1.807, 2.05) is 12.1 Å². The van der Waals surface area contributed by atoms with E-state index in [1.54, 1.807) is 54.7 Å².